The third-order valence-corrected chi connectivity index (χ3v) is 4.45. The van der Waals surface area contributed by atoms with Gasteiger partial charge in [-0.15, -0.1) is 0 Å². The Labute approximate surface area is 139 Å². The number of nitrogens with zero attached hydrogens (tertiary/aromatic N) is 1. The molecule has 1 fully saturated rings. The van der Waals surface area contributed by atoms with E-state index in [0.29, 0.717) is 23.2 Å². The largest absolute Gasteiger partial charge is 0.372 e. The molecule has 1 aliphatic rings. The van der Waals surface area contributed by atoms with Gasteiger partial charge in [-0.1, -0.05) is 28.9 Å². The van der Waals surface area contributed by atoms with Gasteiger partial charge in [-0.05, 0) is 37.5 Å². The van der Waals surface area contributed by atoms with E-state index in [2.05, 4.69) is 10.5 Å². The van der Waals surface area contributed by atoms with Crippen LogP contribution in [0.1, 0.15) is 47.5 Å². The van der Waals surface area contributed by atoms with Crippen molar-refractivity contribution in [2.45, 2.75) is 31.3 Å². The van der Waals surface area contributed by atoms with Crippen molar-refractivity contribution in [3.05, 3.63) is 52.4 Å². The number of carbonyl (C=O) groups excluding carboxylic acids is 1. The molecule has 1 N–H and O–H groups in total. The zero-order valence-electron chi connectivity index (χ0n) is 13.1. The highest BCUT2D eigenvalue weighted by molar-refractivity contribution is 6.30. The summed E-state index contributed by atoms with van der Waals surface area (Å²) in [6, 6.07) is 9.13. The zero-order valence-corrected chi connectivity index (χ0v) is 13.9. The van der Waals surface area contributed by atoms with Crippen LogP contribution >= 0.6 is 11.6 Å². The molecule has 0 saturated heterocycles. The van der Waals surface area contributed by atoms with E-state index < -0.39 is 5.60 Å². The fourth-order valence-corrected chi connectivity index (χ4v) is 2.60. The van der Waals surface area contributed by atoms with Crippen LogP contribution in [0.15, 0.2) is 34.9 Å². The van der Waals surface area contributed by atoms with Gasteiger partial charge in [0.05, 0.1) is 6.54 Å². The highest BCUT2D eigenvalue weighted by atomic mass is 35.5. The van der Waals surface area contributed by atoms with E-state index in [1.165, 1.54) is 0 Å². The Morgan fingerprint density at radius 3 is 2.91 bits per heavy atom. The van der Waals surface area contributed by atoms with Crippen molar-refractivity contribution in [2.75, 3.05) is 13.7 Å². The van der Waals surface area contributed by atoms with Crippen molar-refractivity contribution in [3.8, 4) is 0 Å². The first-order valence-electron chi connectivity index (χ1n) is 7.58. The summed E-state index contributed by atoms with van der Waals surface area (Å²) in [7, 11) is 1.61. The number of hydrogen-bond acceptors (Lipinski definition) is 4. The van der Waals surface area contributed by atoms with E-state index in [1.54, 1.807) is 19.2 Å². The van der Waals surface area contributed by atoms with Crippen LogP contribution in [0.25, 0.3) is 0 Å². The number of halogens is 1. The summed E-state index contributed by atoms with van der Waals surface area (Å²) < 4.78 is 10.8. The maximum atomic E-state index is 12.2. The first-order valence-corrected chi connectivity index (χ1v) is 7.95. The van der Waals surface area contributed by atoms with Crippen molar-refractivity contribution >= 4 is 17.5 Å². The minimum absolute atomic E-state index is 0.272. The minimum Gasteiger partial charge on any atom is -0.372 e. The molecule has 6 heteroatoms. The lowest BCUT2D eigenvalue weighted by Gasteiger charge is -2.29. The molecule has 5 nitrogen and oxygen atoms in total. The maximum absolute atomic E-state index is 12.2. The molecule has 122 valence electrons. The van der Waals surface area contributed by atoms with Crippen LogP contribution in [0.2, 0.25) is 5.02 Å². The summed E-state index contributed by atoms with van der Waals surface area (Å²) in [5, 5.41) is 7.32. The van der Waals surface area contributed by atoms with E-state index in [-0.39, 0.29) is 5.91 Å². The average Bonchev–Trinajstić information content (AvgIpc) is 3.29. The van der Waals surface area contributed by atoms with E-state index in [0.717, 1.165) is 24.2 Å². The van der Waals surface area contributed by atoms with E-state index in [1.807, 2.05) is 25.1 Å². The molecule has 1 atom stereocenters. The molecule has 1 heterocycles. The second-order valence-corrected chi connectivity index (χ2v) is 6.45. The van der Waals surface area contributed by atoms with Crippen LogP contribution in [0.5, 0.6) is 0 Å². The predicted octanol–water partition coefficient (Wildman–Crippen LogP) is 3.50. The number of hydrogen-bond donors (Lipinski definition) is 1. The normalized spacial score (nSPS) is 16.8. The summed E-state index contributed by atoms with van der Waals surface area (Å²) in [5.74, 6) is 0.949. The minimum atomic E-state index is -0.677. The molecule has 0 spiro atoms. The fraction of sp³-hybridized carbons (Fsp3) is 0.412. The average molecular weight is 335 g/mol. The molecule has 1 saturated carbocycles. The third kappa shape index (κ3) is 3.57. The van der Waals surface area contributed by atoms with Gasteiger partial charge in [-0.25, -0.2) is 0 Å². The summed E-state index contributed by atoms with van der Waals surface area (Å²) >= 11 is 6.04. The van der Waals surface area contributed by atoms with Gasteiger partial charge in [0, 0.05) is 24.1 Å². The van der Waals surface area contributed by atoms with Crippen LogP contribution in [0.4, 0.5) is 0 Å². The van der Waals surface area contributed by atoms with Crippen molar-refractivity contribution in [1.82, 2.24) is 10.5 Å². The van der Waals surface area contributed by atoms with Crippen molar-refractivity contribution in [2.24, 2.45) is 0 Å². The molecule has 1 aliphatic carbocycles. The SMILES string of the molecule is CO[C@](C)(CNC(=O)c1cc(C2CC2)on1)c1cccc(Cl)c1. The topological polar surface area (TPSA) is 64.4 Å². The number of nitrogens with one attached hydrogen (secondary N) is 1. The van der Waals surface area contributed by atoms with E-state index in [9.17, 15) is 4.79 Å². The molecule has 1 amide bonds. The number of aromatic nitrogens is 1. The third-order valence-electron chi connectivity index (χ3n) is 4.21. The fourth-order valence-electron chi connectivity index (χ4n) is 2.41. The summed E-state index contributed by atoms with van der Waals surface area (Å²) in [6.45, 7) is 2.20. The molecule has 0 unspecified atom stereocenters. The van der Waals surface area contributed by atoms with Gasteiger partial charge in [-0.3, -0.25) is 4.79 Å². The molecule has 3 rings (SSSR count). The lowest BCUT2D eigenvalue weighted by atomic mass is 9.95. The molecule has 0 aliphatic heterocycles. The van der Waals surface area contributed by atoms with Gasteiger partial charge < -0.3 is 14.6 Å². The number of methoxy groups -OCH3 is 1. The Morgan fingerprint density at radius 1 is 1.48 bits per heavy atom. The number of benzene rings is 1. The predicted molar refractivity (Wildman–Crippen MR) is 86.6 cm³/mol. The Hall–Kier alpha value is -1.85. The van der Waals surface area contributed by atoms with Crippen molar-refractivity contribution in [3.63, 3.8) is 0 Å². The second kappa shape index (κ2) is 6.34. The first-order chi connectivity index (χ1) is 11.0. The Balaban J connectivity index is 1.67. The number of amides is 1. The van der Waals surface area contributed by atoms with Gasteiger partial charge in [0.15, 0.2) is 5.69 Å². The monoisotopic (exact) mass is 334 g/mol. The van der Waals surface area contributed by atoms with Crippen LogP contribution < -0.4 is 5.32 Å². The molecule has 0 bridgehead atoms. The maximum Gasteiger partial charge on any atom is 0.273 e. The zero-order chi connectivity index (χ0) is 16.4. The lowest BCUT2D eigenvalue weighted by molar-refractivity contribution is 0.00308. The highest BCUT2D eigenvalue weighted by Gasteiger charge is 2.30. The Bertz CT molecular complexity index is 711. The van der Waals surface area contributed by atoms with Gasteiger partial charge in [0.25, 0.3) is 5.91 Å². The molecule has 23 heavy (non-hydrogen) atoms. The number of rotatable bonds is 6. The highest BCUT2D eigenvalue weighted by Crippen LogP contribution is 2.40. The molecule has 0 radical (unpaired) electrons. The van der Waals surface area contributed by atoms with Crippen molar-refractivity contribution < 1.29 is 14.1 Å². The quantitative estimate of drug-likeness (QED) is 0.878. The molecule has 1 aromatic carbocycles. The molecular formula is C17H19ClN2O3. The van der Waals surface area contributed by atoms with Crippen LogP contribution in [0.3, 0.4) is 0 Å². The molecule has 1 aromatic heterocycles. The summed E-state index contributed by atoms with van der Waals surface area (Å²) in [6.07, 6.45) is 2.21. The van der Waals surface area contributed by atoms with Crippen LogP contribution in [-0.4, -0.2) is 24.7 Å². The van der Waals surface area contributed by atoms with Gasteiger partial charge in [0.2, 0.25) is 0 Å². The Kier molecular flexibility index (Phi) is 4.41. The molecule has 2 aromatic rings. The number of carbonyl (C=O) groups is 1. The molecular weight excluding hydrogens is 316 g/mol. The number of ether oxygens (including phenoxy) is 1. The second-order valence-electron chi connectivity index (χ2n) is 6.02. The standard InChI is InChI=1S/C17H19ClN2O3/c1-17(22-2,12-4-3-5-13(18)8-12)10-19-16(21)14-9-15(23-20-14)11-6-7-11/h3-5,8-9,11H,6-7,10H2,1-2H3,(H,19,21)/t17-/m1/s1. The van der Waals surface area contributed by atoms with Crippen LogP contribution in [-0.2, 0) is 10.3 Å². The smallest absolute Gasteiger partial charge is 0.273 e. The van der Waals surface area contributed by atoms with E-state index in [4.69, 9.17) is 20.9 Å². The summed E-state index contributed by atoms with van der Waals surface area (Å²) in [5.41, 5.74) is 0.520. The summed E-state index contributed by atoms with van der Waals surface area (Å²) in [4.78, 5) is 12.2. The van der Waals surface area contributed by atoms with Gasteiger partial charge in [-0.2, -0.15) is 0 Å². The van der Waals surface area contributed by atoms with Crippen molar-refractivity contribution in [1.29, 1.82) is 0 Å². The van der Waals surface area contributed by atoms with Gasteiger partial charge >= 0.3 is 0 Å². The van der Waals surface area contributed by atoms with E-state index >= 15 is 0 Å². The first kappa shape index (κ1) is 16.0. The van der Waals surface area contributed by atoms with Crippen LogP contribution in [0, 0.1) is 0 Å². The van der Waals surface area contributed by atoms with Gasteiger partial charge in [0.1, 0.15) is 11.4 Å². The lowest BCUT2D eigenvalue weighted by Crippen LogP contribution is -2.40. The Morgan fingerprint density at radius 2 is 2.26 bits per heavy atom.